The van der Waals surface area contributed by atoms with Gasteiger partial charge in [0.15, 0.2) is 0 Å². The van der Waals surface area contributed by atoms with Crippen molar-refractivity contribution in [2.45, 2.75) is 18.7 Å². The van der Waals surface area contributed by atoms with Crippen LogP contribution in [0.1, 0.15) is 19.4 Å². The van der Waals surface area contributed by atoms with Crippen molar-refractivity contribution in [3.63, 3.8) is 0 Å². The number of benzene rings is 2. The zero-order valence-corrected chi connectivity index (χ0v) is 15.8. The summed E-state index contributed by atoms with van der Waals surface area (Å²) in [7, 11) is -3.69. The van der Waals surface area contributed by atoms with Gasteiger partial charge in [0.1, 0.15) is 12.4 Å². The van der Waals surface area contributed by atoms with Crippen molar-refractivity contribution in [3.05, 3.63) is 54.1 Å². The van der Waals surface area contributed by atoms with Gasteiger partial charge in [0.05, 0.1) is 16.5 Å². The first kappa shape index (κ1) is 19.8. The maximum Gasteiger partial charge on any atom is 0.261 e. The Morgan fingerprint density at radius 2 is 1.65 bits per heavy atom. The van der Waals surface area contributed by atoms with Gasteiger partial charge in [-0.15, -0.1) is 0 Å². The molecule has 0 spiro atoms. The third-order valence-electron chi connectivity index (χ3n) is 3.97. The number of rotatable bonds is 9. The fraction of sp³-hybridized carbons (Fsp3) is 0.316. The van der Waals surface area contributed by atoms with Crippen molar-refractivity contribution in [1.82, 2.24) is 4.90 Å². The highest BCUT2D eigenvalue weighted by molar-refractivity contribution is 7.92. The number of anilines is 1. The van der Waals surface area contributed by atoms with E-state index in [-0.39, 0.29) is 4.90 Å². The zero-order chi connectivity index (χ0) is 19.0. The summed E-state index contributed by atoms with van der Waals surface area (Å²) in [5.41, 5.74) is 0.862. The van der Waals surface area contributed by atoms with E-state index in [1.54, 1.807) is 24.3 Å². The van der Waals surface area contributed by atoms with Crippen molar-refractivity contribution < 1.29 is 13.2 Å². The molecule has 0 heterocycles. The number of sulfonamides is 1. The van der Waals surface area contributed by atoms with Crippen LogP contribution in [0, 0.1) is 11.3 Å². The molecular formula is C19H23N3O3S. The lowest BCUT2D eigenvalue weighted by atomic mass is 10.2. The first-order valence-corrected chi connectivity index (χ1v) is 9.95. The minimum absolute atomic E-state index is 0.107. The predicted octanol–water partition coefficient (Wildman–Crippen LogP) is 3.08. The van der Waals surface area contributed by atoms with Gasteiger partial charge in [0, 0.05) is 12.2 Å². The Balaban J connectivity index is 1.96. The van der Waals surface area contributed by atoms with Crippen LogP contribution in [0.5, 0.6) is 5.75 Å². The molecule has 1 N–H and O–H groups in total. The number of hydrogen-bond acceptors (Lipinski definition) is 5. The lowest BCUT2D eigenvalue weighted by Gasteiger charge is -2.18. The van der Waals surface area contributed by atoms with Crippen molar-refractivity contribution in [2.75, 3.05) is 31.0 Å². The van der Waals surface area contributed by atoms with Crippen LogP contribution >= 0.6 is 0 Å². The number of likely N-dealkylation sites (N-methyl/N-ethyl adjacent to an activating group) is 1. The molecule has 0 aliphatic carbocycles. The molecule has 0 unspecified atom stereocenters. The van der Waals surface area contributed by atoms with E-state index < -0.39 is 10.0 Å². The first-order valence-electron chi connectivity index (χ1n) is 8.46. The quantitative estimate of drug-likeness (QED) is 0.730. The Labute approximate surface area is 155 Å². The molecule has 0 fully saturated rings. The van der Waals surface area contributed by atoms with E-state index in [0.29, 0.717) is 23.6 Å². The van der Waals surface area contributed by atoms with Crippen LogP contribution in [0.3, 0.4) is 0 Å². The summed E-state index contributed by atoms with van der Waals surface area (Å²) >= 11 is 0. The van der Waals surface area contributed by atoms with Gasteiger partial charge in [-0.25, -0.2) is 8.42 Å². The van der Waals surface area contributed by atoms with E-state index >= 15 is 0 Å². The molecule has 0 amide bonds. The predicted molar refractivity (Wildman–Crippen MR) is 102 cm³/mol. The molecule has 0 saturated heterocycles. The van der Waals surface area contributed by atoms with Crippen LogP contribution in [-0.2, 0) is 10.0 Å². The maximum atomic E-state index is 12.4. The van der Waals surface area contributed by atoms with Crippen molar-refractivity contribution in [1.29, 1.82) is 5.26 Å². The fourth-order valence-electron chi connectivity index (χ4n) is 2.37. The second-order valence-electron chi connectivity index (χ2n) is 5.64. The molecule has 138 valence electrons. The van der Waals surface area contributed by atoms with Gasteiger partial charge in [-0.3, -0.25) is 4.72 Å². The normalized spacial score (nSPS) is 11.2. The Kier molecular flexibility index (Phi) is 7.01. The second-order valence-corrected chi connectivity index (χ2v) is 7.32. The minimum Gasteiger partial charge on any atom is -0.492 e. The molecule has 7 heteroatoms. The second kappa shape index (κ2) is 9.22. The topological polar surface area (TPSA) is 82.4 Å². The standard InChI is InChI=1S/C19H23N3O3S/c1-3-22(4-2)13-14-25-18-9-7-17(8-10-18)21-26(23,24)19-11-5-16(15-20)6-12-19/h5-12,21H,3-4,13-14H2,1-2H3. The van der Waals surface area contributed by atoms with Crippen molar-refractivity contribution in [2.24, 2.45) is 0 Å². The minimum atomic E-state index is -3.69. The van der Waals surface area contributed by atoms with Gasteiger partial charge in [0.25, 0.3) is 10.0 Å². The molecular weight excluding hydrogens is 350 g/mol. The molecule has 0 bridgehead atoms. The van der Waals surface area contributed by atoms with Crippen molar-refractivity contribution in [3.8, 4) is 11.8 Å². The molecule has 0 radical (unpaired) electrons. The zero-order valence-electron chi connectivity index (χ0n) is 15.0. The van der Waals surface area contributed by atoms with E-state index in [1.165, 1.54) is 24.3 Å². The van der Waals surface area contributed by atoms with Crippen LogP contribution in [0.25, 0.3) is 0 Å². The van der Waals surface area contributed by atoms with Gasteiger partial charge in [0.2, 0.25) is 0 Å². The van der Waals surface area contributed by atoms with Crippen LogP contribution in [0.2, 0.25) is 0 Å². The lowest BCUT2D eigenvalue weighted by molar-refractivity contribution is 0.223. The van der Waals surface area contributed by atoms with Crippen LogP contribution in [0.15, 0.2) is 53.4 Å². The molecule has 2 aromatic carbocycles. The highest BCUT2D eigenvalue weighted by Crippen LogP contribution is 2.20. The number of nitrogens with zero attached hydrogens (tertiary/aromatic N) is 2. The van der Waals surface area contributed by atoms with Gasteiger partial charge in [-0.1, -0.05) is 13.8 Å². The van der Waals surface area contributed by atoms with Crippen LogP contribution < -0.4 is 9.46 Å². The highest BCUT2D eigenvalue weighted by Gasteiger charge is 2.14. The van der Waals surface area contributed by atoms with E-state index in [4.69, 9.17) is 10.00 Å². The largest absolute Gasteiger partial charge is 0.492 e. The first-order chi connectivity index (χ1) is 12.5. The third kappa shape index (κ3) is 5.48. The van der Waals surface area contributed by atoms with Crippen molar-refractivity contribution >= 4 is 15.7 Å². The molecule has 0 aliphatic rings. The van der Waals surface area contributed by atoms with Gasteiger partial charge in [-0.2, -0.15) is 5.26 Å². The summed E-state index contributed by atoms with van der Waals surface area (Å²) in [5, 5.41) is 8.78. The Hall–Kier alpha value is -2.56. The smallest absolute Gasteiger partial charge is 0.261 e. The summed E-state index contributed by atoms with van der Waals surface area (Å²) < 4.78 is 32.9. The monoisotopic (exact) mass is 373 g/mol. The van der Waals surface area contributed by atoms with Gasteiger partial charge < -0.3 is 9.64 Å². The summed E-state index contributed by atoms with van der Waals surface area (Å²) in [5.74, 6) is 0.693. The number of ether oxygens (including phenoxy) is 1. The summed E-state index contributed by atoms with van der Waals surface area (Å²) in [4.78, 5) is 2.37. The third-order valence-corrected chi connectivity index (χ3v) is 5.37. The molecule has 2 rings (SSSR count). The lowest BCUT2D eigenvalue weighted by Crippen LogP contribution is -2.27. The molecule has 26 heavy (non-hydrogen) atoms. The Bertz CT molecular complexity index is 837. The molecule has 0 aromatic heterocycles. The molecule has 6 nitrogen and oxygen atoms in total. The summed E-state index contributed by atoms with van der Waals surface area (Å²) in [6, 6.07) is 14.5. The van der Waals surface area contributed by atoms with E-state index in [0.717, 1.165) is 19.6 Å². The van der Waals surface area contributed by atoms with Gasteiger partial charge in [-0.05, 0) is 61.6 Å². The van der Waals surface area contributed by atoms with E-state index in [2.05, 4.69) is 23.5 Å². The van der Waals surface area contributed by atoms with E-state index in [1.807, 2.05) is 6.07 Å². The average Bonchev–Trinajstić information content (AvgIpc) is 2.66. The SMILES string of the molecule is CCN(CC)CCOc1ccc(NS(=O)(=O)c2ccc(C#N)cc2)cc1. The number of nitrogens with one attached hydrogen (secondary N) is 1. The number of hydrogen-bond donors (Lipinski definition) is 1. The van der Waals surface area contributed by atoms with Crippen LogP contribution in [0.4, 0.5) is 5.69 Å². The summed E-state index contributed by atoms with van der Waals surface area (Å²) in [6.07, 6.45) is 0. The molecule has 0 aliphatic heterocycles. The van der Waals surface area contributed by atoms with E-state index in [9.17, 15) is 8.42 Å². The number of nitriles is 1. The Morgan fingerprint density at radius 3 is 2.19 bits per heavy atom. The maximum absolute atomic E-state index is 12.4. The fourth-order valence-corrected chi connectivity index (χ4v) is 3.43. The summed E-state index contributed by atoms with van der Waals surface area (Å²) in [6.45, 7) is 7.61. The Morgan fingerprint density at radius 1 is 1.04 bits per heavy atom. The molecule has 0 atom stereocenters. The molecule has 0 saturated carbocycles. The van der Waals surface area contributed by atoms with Gasteiger partial charge >= 0.3 is 0 Å². The molecule has 2 aromatic rings. The highest BCUT2D eigenvalue weighted by atomic mass is 32.2. The average molecular weight is 373 g/mol. The van der Waals surface area contributed by atoms with Crippen LogP contribution in [-0.4, -0.2) is 39.6 Å².